The molecule has 2 saturated carbocycles. The van der Waals surface area contributed by atoms with E-state index in [0.29, 0.717) is 11.8 Å². The zero-order valence-electron chi connectivity index (χ0n) is 21.7. The average molecular weight is 477 g/mol. The Kier molecular flexibility index (Phi) is 7.75. The fourth-order valence-electron chi connectivity index (χ4n) is 7.21. The first kappa shape index (κ1) is 24.7. The lowest BCUT2D eigenvalue weighted by molar-refractivity contribution is 0.165. The van der Waals surface area contributed by atoms with Gasteiger partial charge in [-0.2, -0.15) is 0 Å². The molecule has 0 aromatic heterocycles. The van der Waals surface area contributed by atoms with Crippen molar-refractivity contribution in [2.45, 2.75) is 103 Å². The van der Waals surface area contributed by atoms with E-state index in [9.17, 15) is 4.39 Å². The summed E-state index contributed by atoms with van der Waals surface area (Å²) in [5.74, 6) is 3.44. The van der Waals surface area contributed by atoms with E-state index in [4.69, 9.17) is 0 Å². The van der Waals surface area contributed by atoms with E-state index < -0.39 is 0 Å². The number of hydrogen-bond acceptors (Lipinski definition) is 0. The molecule has 0 aliphatic heterocycles. The van der Waals surface area contributed by atoms with Gasteiger partial charge in [0.05, 0.1) is 0 Å². The monoisotopic (exact) mass is 476 g/mol. The van der Waals surface area contributed by atoms with Crippen LogP contribution in [-0.2, 0) is 6.42 Å². The lowest BCUT2D eigenvalue weighted by atomic mass is 9.68. The number of halogens is 2. The SMILES string of the molecule is CCc1ccc(C2CC=C(c3ccc(C4CCC(C5CCC(C)CC5)CC4)cc3F)CC2)cc1F. The van der Waals surface area contributed by atoms with Crippen molar-refractivity contribution in [1.29, 1.82) is 0 Å². The molecule has 35 heavy (non-hydrogen) atoms. The molecule has 0 nitrogen and oxygen atoms in total. The molecular formula is C33H42F2. The van der Waals surface area contributed by atoms with Gasteiger partial charge >= 0.3 is 0 Å². The largest absolute Gasteiger partial charge is 0.207 e. The molecule has 3 aliphatic rings. The molecule has 3 aliphatic carbocycles. The Morgan fingerprint density at radius 3 is 1.94 bits per heavy atom. The molecule has 0 heterocycles. The second kappa shape index (κ2) is 11.0. The second-order valence-electron chi connectivity index (χ2n) is 11.8. The zero-order chi connectivity index (χ0) is 24.4. The van der Waals surface area contributed by atoms with Crippen molar-refractivity contribution in [3.8, 4) is 0 Å². The zero-order valence-corrected chi connectivity index (χ0v) is 21.7. The highest BCUT2D eigenvalue weighted by atomic mass is 19.1. The third-order valence-corrected chi connectivity index (χ3v) is 9.65. The van der Waals surface area contributed by atoms with E-state index in [1.165, 1.54) is 56.9 Å². The summed E-state index contributed by atoms with van der Waals surface area (Å²) in [4.78, 5) is 0. The molecule has 1 unspecified atom stereocenters. The molecule has 0 saturated heterocycles. The van der Waals surface area contributed by atoms with Gasteiger partial charge in [0, 0.05) is 5.56 Å². The van der Waals surface area contributed by atoms with Crippen LogP contribution in [0.2, 0.25) is 0 Å². The second-order valence-corrected chi connectivity index (χ2v) is 11.8. The van der Waals surface area contributed by atoms with Crippen molar-refractivity contribution in [1.82, 2.24) is 0 Å². The number of rotatable bonds is 5. The molecule has 0 spiro atoms. The van der Waals surface area contributed by atoms with Gasteiger partial charge in [-0.15, -0.1) is 0 Å². The smallest absolute Gasteiger partial charge is 0.130 e. The van der Waals surface area contributed by atoms with E-state index in [0.717, 1.165) is 65.7 Å². The van der Waals surface area contributed by atoms with Crippen molar-refractivity contribution in [3.05, 3.63) is 76.4 Å². The summed E-state index contributed by atoms with van der Waals surface area (Å²) in [5, 5.41) is 0. The topological polar surface area (TPSA) is 0 Å². The fraction of sp³-hybridized carbons (Fsp3) is 0.576. The Hall–Kier alpha value is -1.96. The van der Waals surface area contributed by atoms with Crippen molar-refractivity contribution < 1.29 is 8.78 Å². The highest BCUT2D eigenvalue weighted by Gasteiger charge is 2.30. The summed E-state index contributed by atoms with van der Waals surface area (Å²) in [6, 6.07) is 11.8. The minimum atomic E-state index is -0.0937. The van der Waals surface area contributed by atoms with Crippen LogP contribution in [0.15, 0.2) is 42.5 Å². The fourth-order valence-corrected chi connectivity index (χ4v) is 7.21. The van der Waals surface area contributed by atoms with Crippen molar-refractivity contribution in [2.75, 3.05) is 0 Å². The quantitative estimate of drug-likeness (QED) is 0.403. The highest BCUT2D eigenvalue weighted by molar-refractivity contribution is 5.67. The summed E-state index contributed by atoms with van der Waals surface area (Å²) in [7, 11) is 0. The maximum atomic E-state index is 15.3. The van der Waals surface area contributed by atoms with Gasteiger partial charge in [0.2, 0.25) is 0 Å². The maximum absolute atomic E-state index is 15.3. The molecule has 188 valence electrons. The van der Waals surface area contributed by atoms with Crippen molar-refractivity contribution >= 4 is 5.57 Å². The van der Waals surface area contributed by atoms with Gasteiger partial charge < -0.3 is 0 Å². The lowest BCUT2D eigenvalue weighted by Gasteiger charge is -2.37. The van der Waals surface area contributed by atoms with Crippen LogP contribution in [-0.4, -0.2) is 0 Å². The molecule has 2 aromatic rings. The van der Waals surface area contributed by atoms with Crippen molar-refractivity contribution in [2.24, 2.45) is 17.8 Å². The van der Waals surface area contributed by atoms with Crippen LogP contribution in [0.25, 0.3) is 5.57 Å². The third-order valence-electron chi connectivity index (χ3n) is 9.65. The Labute approximate surface area is 211 Å². The molecule has 0 N–H and O–H groups in total. The third kappa shape index (κ3) is 5.57. The molecule has 2 heteroatoms. The van der Waals surface area contributed by atoms with Crippen LogP contribution in [0.5, 0.6) is 0 Å². The molecular weight excluding hydrogens is 434 g/mol. The van der Waals surface area contributed by atoms with Crippen LogP contribution in [0.4, 0.5) is 8.78 Å². The van der Waals surface area contributed by atoms with Crippen LogP contribution in [0.1, 0.15) is 119 Å². The van der Waals surface area contributed by atoms with Gasteiger partial charge in [0.25, 0.3) is 0 Å². The van der Waals surface area contributed by atoms with Gasteiger partial charge in [-0.25, -0.2) is 8.78 Å². The highest BCUT2D eigenvalue weighted by Crippen LogP contribution is 2.44. The van der Waals surface area contributed by atoms with E-state index in [-0.39, 0.29) is 11.6 Å². The first-order valence-electron chi connectivity index (χ1n) is 14.3. The molecule has 0 radical (unpaired) electrons. The number of allylic oxidation sites excluding steroid dienone is 2. The number of hydrogen-bond donors (Lipinski definition) is 0. The maximum Gasteiger partial charge on any atom is 0.130 e. The summed E-state index contributed by atoms with van der Waals surface area (Å²) in [6.07, 6.45) is 16.3. The summed E-state index contributed by atoms with van der Waals surface area (Å²) >= 11 is 0. The van der Waals surface area contributed by atoms with Gasteiger partial charge in [-0.05, 0) is 128 Å². The predicted octanol–water partition coefficient (Wildman–Crippen LogP) is 9.98. The molecule has 2 fully saturated rings. The van der Waals surface area contributed by atoms with Crippen molar-refractivity contribution in [3.63, 3.8) is 0 Å². The minimum Gasteiger partial charge on any atom is -0.207 e. The van der Waals surface area contributed by atoms with Crippen LogP contribution < -0.4 is 0 Å². The Morgan fingerprint density at radius 1 is 0.714 bits per heavy atom. The van der Waals surface area contributed by atoms with E-state index >= 15 is 4.39 Å². The predicted molar refractivity (Wildman–Crippen MR) is 143 cm³/mol. The van der Waals surface area contributed by atoms with E-state index in [2.05, 4.69) is 25.1 Å². The van der Waals surface area contributed by atoms with Crippen LogP contribution in [0.3, 0.4) is 0 Å². The summed E-state index contributed by atoms with van der Waals surface area (Å²) in [6.45, 7) is 4.38. The first-order chi connectivity index (χ1) is 17.0. The number of aryl methyl sites for hydroxylation is 1. The molecule has 2 aromatic carbocycles. The van der Waals surface area contributed by atoms with Gasteiger partial charge in [0.15, 0.2) is 0 Å². The molecule has 1 atom stereocenters. The van der Waals surface area contributed by atoms with Gasteiger partial charge in [0.1, 0.15) is 11.6 Å². The summed E-state index contributed by atoms with van der Waals surface area (Å²) < 4.78 is 29.5. The molecule has 5 rings (SSSR count). The average Bonchev–Trinajstić information content (AvgIpc) is 2.89. The van der Waals surface area contributed by atoms with Gasteiger partial charge in [-0.3, -0.25) is 0 Å². The van der Waals surface area contributed by atoms with E-state index in [1.54, 1.807) is 6.07 Å². The summed E-state index contributed by atoms with van der Waals surface area (Å²) in [5.41, 5.74) is 4.93. The van der Waals surface area contributed by atoms with Crippen LogP contribution >= 0.6 is 0 Å². The minimum absolute atomic E-state index is 0.0612. The normalized spacial score (nSPS) is 29.6. The van der Waals surface area contributed by atoms with Gasteiger partial charge in [-0.1, -0.05) is 57.0 Å². The Bertz CT molecular complexity index is 1040. The lowest BCUT2D eigenvalue weighted by Crippen LogP contribution is -2.24. The van der Waals surface area contributed by atoms with E-state index in [1.807, 2.05) is 25.1 Å². The molecule has 0 amide bonds. The Morgan fingerprint density at radius 2 is 1.34 bits per heavy atom. The Balaban J connectivity index is 1.19. The molecule has 0 bridgehead atoms. The number of benzene rings is 2. The standard InChI is InChI=1S/C33H42F2/c1-3-23-8-17-29(20-32(23)34)27-13-15-28(16-14-27)31-19-18-30(21-33(31)35)26-11-9-25(10-12-26)24-6-4-22(2)5-7-24/h8,15,17-22,24-27H,3-7,9-14,16H2,1-2H3. The van der Waals surface area contributed by atoms with Crippen LogP contribution in [0, 0.1) is 29.4 Å². The first-order valence-corrected chi connectivity index (χ1v) is 14.3.